The molecule has 0 bridgehead atoms. The molecule has 1 N–H and O–H groups in total. The Bertz CT molecular complexity index is 452. The van der Waals surface area contributed by atoms with Gasteiger partial charge in [0, 0.05) is 31.4 Å². The quantitative estimate of drug-likeness (QED) is 0.781. The van der Waals surface area contributed by atoms with Gasteiger partial charge in [-0.2, -0.15) is 0 Å². The maximum atomic E-state index is 4.88. The fraction of sp³-hybridized carbons (Fsp3) is 0.722. The first kappa shape index (κ1) is 16.3. The number of hydrogen-bond donors (Lipinski definition) is 1. The summed E-state index contributed by atoms with van der Waals surface area (Å²) >= 11 is 0. The van der Waals surface area contributed by atoms with E-state index in [1.165, 1.54) is 36.9 Å². The summed E-state index contributed by atoms with van der Waals surface area (Å²) in [5.41, 5.74) is 2.57. The van der Waals surface area contributed by atoms with Gasteiger partial charge in [0.05, 0.1) is 0 Å². The van der Waals surface area contributed by atoms with E-state index in [2.05, 4.69) is 57.1 Å². The lowest BCUT2D eigenvalue weighted by Crippen LogP contribution is -2.30. The first-order chi connectivity index (χ1) is 10.0. The highest BCUT2D eigenvalue weighted by Gasteiger charge is 2.20. The van der Waals surface area contributed by atoms with Crippen molar-refractivity contribution in [2.45, 2.75) is 77.9 Å². The van der Waals surface area contributed by atoms with E-state index in [0.29, 0.717) is 12.0 Å². The summed E-state index contributed by atoms with van der Waals surface area (Å²) in [4.78, 5) is 7.21. The Hall–Kier alpha value is -1.09. The Morgan fingerprint density at radius 3 is 2.57 bits per heavy atom. The molecule has 1 aliphatic rings. The van der Waals surface area contributed by atoms with Gasteiger partial charge in [-0.05, 0) is 49.8 Å². The molecule has 1 aromatic heterocycles. The fourth-order valence-electron chi connectivity index (χ4n) is 2.56. The van der Waals surface area contributed by atoms with Crippen molar-refractivity contribution in [1.29, 1.82) is 0 Å². The molecule has 3 heteroatoms. The zero-order valence-electron chi connectivity index (χ0n) is 14.3. The van der Waals surface area contributed by atoms with E-state index in [-0.39, 0.29) is 0 Å². The second kappa shape index (κ2) is 7.26. The highest BCUT2D eigenvalue weighted by Crippen LogP contribution is 2.24. The fourth-order valence-corrected chi connectivity index (χ4v) is 2.56. The van der Waals surface area contributed by atoms with Crippen LogP contribution < -0.4 is 10.2 Å². The van der Waals surface area contributed by atoms with E-state index in [1.807, 2.05) is 0 Å². The molecule has 0 spiro atoms. The maximum absolute atomic E-state index is 4.88. The summed E-state index contributed by atoms with van der Waals surface area (Å²) in [6.45, 7) is 9.94. The monoisotopic (exact) mass is 289 g/mol. The van der Waals surface area contributed by atoms with Crippen molar-refractivity contribution in [1.82, 2.24) is 10.3 Å². The smallest absolute Gasteiger partial charge is 0.129 e. The van der Waals surface area contributed by atoms with Gasteiger partial charge in [-0.15, -0.1) is 0 Å². The van der Waals surface area contributed by atoms with E-state index in [0.717, 1.165) is 18.4 Å². The molecule has 3 nitrogen and oxygen atoms in total. The molecule has 1 atom stereocenters. The molecule has 21 heavy (non-hydrogen) atoms. The SMILES string of the molecule is CCCC(C)N(C)c1cc(CNC2CC2)cc(C(C)C)n1. The van der Waals surface area contributed by atoms with Crippen LogP contribution in [-0.4, -0.2) is 24.1 Å². The predicted molar refractivity (Wildman–Crippen MR) is 91.0 cm³/mol. The van der Waals surface area contributed by atoms with Gasteiger partial charge in [0.25, 0.3) is 0 Å². The van der Waals surface area contributed by atoms with Crippen LogP contribution in [0.1, 0.15) is 70.6 Å². The molecule has 1 fully saturated rings. The summed E-state index contributed by atoms with van der Waals surface area (Å²) in [5.74, 6) is 1.59. The molecular weight excluding hydrogens is 258 g/mol. The van der Waals surface area contributed by atoms with E-state index in [4.69, 9.17) is 4.98 Å². The van der Waals surface area contributed by atoms with Gasteiger partial charge < -0.3 is 10.2 Å². The molecule has 1 unspecified atom stereocenters. The molecule has 1 aromatic rings. The van der Waals surface area contributed by atoms with Crippen molar-refractivity contribution in [3.8, 4) is 0 Å². The van der Waals surface area contributed by atoms with Crippen LogP contribution in [0.3, 0.4) is 0 Å². The van der Waals surface area contributed by atoms with Crippen molar-refractivity contribution < 1.29 is 0 Å². The summed E-state index contributed by atoms with van der Waals surface area (Å²) in [6.07, 6.45) is 5.09. The molecular formula is C18H31N3. The first-order valence-electron chi connectivity index (χ1n) is 8.48. The van der Waals surface area contributed by atoms with Gasteiger partial charge in [0.15, 0.2) is 0 Å². The van der Waals surface area contributed by atoms with Crippen LogP contribution in [0.5, 0.6) is 0 Å². The molecule has 118 valence electrons. The first-order valence-corrected chi connectivity index (χ1v) is 8.48. The number of nitrogens with zero attached hydrogens (tertiary/aromatic N) is 2. The summed E-state index contributed by atoms with van der Waals surface area (Å²) < 4.78 is 0. The second-order valence-electron chi connectivity index (χ2n) is 6.82. The third kappa shape index (κ3) is 4.70. The largest absolute Gasteiger partial charge is 0.357 e. The van der Waals surface area contributed by atoms with E-state index in [1.54, 1.807) is 0 Å². The summed E-state index contributed by atoms with van der Waals surface area (Å²) in [7, 11) is 2.17. The molecule has 1 aliphatic carbocycles. The molecule has 1 saturated carbocycles. The van der Waals surface area contributed by atoms with Gasteiger partial charge in [-0.1, -0.05) is 27.2 Å². The molecule has 0 saturated heterocycles. The third-order valence-electron chi connectivity index (χ3n) is 4.38. The van der Waals surface area contributed by atoms with Crippen LogP contribution in [0.2, 0.25) is 0 Å². The lowest BCUT2D eigenvalue weighted by Gasteiger charge is -2.27. The minimum absolute atomic E-state index is 0.472. The van der Waals surface area contributed by atoms with Crippen molar-refractivity contribution in [3.05, 3.63) is 23.4 Å². The molecule has 2 rings (SSSR count). The summed E-state index contributed by atoms with van der Waals surface area (Å²) in [5, 5.41) is 3.61. The van der Waals surface area contributed by atoms with Gasteiger partial charge in [0.1, 0.15) is 5.82 Å². The van der Waals surface area contributed by atoms with Crippen LogP contribution in [-0.2, 0) is 6.54 Å². The van der Waals surface area contributed by atoms with Gasteiger partial charge in [-0.25, -0.2) is 4.98 Å². The average molecular weight is 289 g/mol. The lowest BCUT2D eigenvalue weighted by atomic mass is 10.1. The Labute approximate surface area is 130 Å². The molecule has 0 aromatic carbocycles. The lowest BCUT2D eigenvalue weighted by molar-refractivity contribution is 0.608. The van der Waals surface area contributed by atoms with E-state index >= 15 is 0 Å². The van der Waals surface area contributed by atoms with Gasteiger partial charge in [0.2, 0.25) is 0 Å². The van der Waals surface area contributed by atoms with E-state index in [9.17, 15) is 0 Å². The van der Waals surface area contributed by atoms with Crippen molar-refractivity contribution >= 4 is 5.82 Å². The number of aromatic nitrogens is 1. The van der Waals surface area contributed by atoms with Crippen LogP contribution in [0.4, 0.5) is 5.82 Å². The minimum Gasteiger partial charge on any atom is -0.357 e. The molecule has 0 radical (unpaired) electrons. The third-order valence-corrected chi connectivity index (χ3v) is 4.38. The highest BCUT2D eigenvalue weighted by molar-refractivity contribution is 5.43. The Morgan fingerprint density at radius 2 is 2.00 bits per heavy atom. The Morgan fingerprint density at radius 1 is 1.29 bits per heavy atom. The second-order valence-corrected chi connectivity index (χ2v) is 6.82. The maximum Gasteiger partial charge on any atom is 0.129 e. The topological polar surface area (TPSA) is 28.2 Å². The molecule has 0 amide bonds. The average Bonchev–Trinajstić information content (AvgIpc) is 3.28. The normalized spacial score (nSPS) is 16.3. The van der Waals surface area contributed by atoms with Crippen LogP contribution >= 0.6 is 0 Å². The van der Waals surface area contributed by atoms with Crippen molar-refractivity contribution in [2.24, 2.45) is 0 Å². The van der Waals surface area contributed by atoms with Crippen molar-refractivity contribution in [3.63, 3.8) is 0 Å². The number of rotatable bonds is 8. The van der Waals surface area contributed by atoms with Gasteiger partial charge >= 0.3 is 0 Å². The zero-order valence-corrected chi connectivity index (χ0v) is 14.3. The number of nitrogens with one attached hydrogen (secondary N) is 1. The molecule has 1 heterocycles. The molecule has 0 aliphatic heterocycles. The van der Waals surface area contributed by atoms with E-state index < -0.39 is 0 Å². The van der Waals surface area contributed by atoms with Crippen LogP contribution in [0.25, 0.3) is 0 Å². The highest BCUT2D eigenvalue weighted by atomic mass is 15.2. The zero-order chi connectivity index (χ0) is 15.4. The number of pyridine rings is 1. The van der Waals surface area contributed by atoms with Crippen LogP contribution in [0, 0.1) is 0 Å². The minimum atomic E-state index is 0.472. The van der Waals surface area contributed by atoms with Crippen LogP contribution in [0.15, 0.2) is 12.1 Å². The standard InChI is InChI=1S/C18H31N3/c1-6-7-14(4)21(5)18-11-15(12-19-16-8-9-16)10-17(20-18)13(2)3/h10-11,13-14,16,19H,6-9,12H2,1-5H3. The number of anilines is 1. The van der Waals surface area contributed by atoms with Gasteiger partial charge in [-0.3, -0.25) is 0 Å². The number of hydrogen-bond acceptors (Lipinski definition) is 3. The Kier molecular flexibility index (Phi) is 5.63. The summed E-state index contributed by atoms with van der Waals surface area (Å²) in [6, 6.07) is 5.81. The van der Waals surface area contributed by atoms with Crippen molar-refractivity contribution in [2.75, 3.05) is 11.9 Å². The Balaban J connectivity index is 2.16. The predicted octanol–water partition coefficient (Wildman–Crippen LogP) is 4.08.